The number of carboxylic acid groups (broad SMARTS) is 1. The molecule has 5 heteroatoms. The third kappa shape index (κ3) is 3.72. The van der Waals surface area contributed by atoms with E-state index in [2.05, 4.69) is 5.32 Å². The maximum absolute atomic E-state index is 11.9. The normalized spacial score (nSPS) is 10.3. The second kappa shape index (κ2) is 6.74. The number of carbonyl (C=O) groups excluding carboxylic acids is 1. The Balaban J connectivity index is 1.92. The van der Waals surface area contributed by atoms with Crippen molar-refractivity contribution in [2.75, 3.05) is 6.54 Å². The molecule has 0 bridgehead atoms. The molecule has 2 rings (SSSR count). The first-order valence-corrected chi connectivity index (χ1v) is 6.80. The van der Waals surface area contributed by atoms with Crippen molar-refractivity contribution in [1.82, 2.24) is 5.32 Å². The van der Waals surface area contributed by atoms with Crippen molar-refractivity contribution in [3.05, 3.63) is 59.0 Å². The highest BCUT2D eigenvalue weighted by molar-refractivity contribution is 5.91. The Morgan fingerprint density at radius 2 is 1.95 bits per heavy atom. The molecule has 2 aromatic rings. The number of aryl methyl sites for hydroxylation is 1. The summed E-state index contributed by atoms with van der Waals surface area (Å²) in [6, 6.07) is 10.2. The molecule has 1 amide bonds. The summed E-state index contributed by atoms with van der Waals surface area (Å²) in [7, 11) is 0. The third-order valence-electron chi connectivity index (χ3n) is 3.16. The van der Waals surface area contributed by atoms with Crippen LogP contribution in [0.5, 0.6) is 0 Å². The van der Waals surface area contributed by atoms with Gasteiger partial charge in [-0.15, -0.1) is 0 Å². The van der Waals surface area contributed by atoms with Crippen molar-refractivity contribution in [2.24, 2.45) is 0 Å². The fraction of sp³-hybridized carbons (Fsp3) is 0.250. The van der Waals surface area contributed by atoms with E-state index in [1.807, 2.05) is 6.92 Å². The number of amides is 1. The summed E-state index contributed by atoms with van der Waals surface area (Å²) in [6.07, 6.45) is 1.19. The Labute approximate surface area is 122 Å². The number of carboxylic acids is 1. The van der Waals surface area contributed by atoms with Crippen LogP contribution in [0, 0.1) is 0 Å². The first-order valence-electron chi connectivity index (χ1n) is 6.80. The van der Waals surface area contributed by atoms with Crippen LogP contribution in [-0.2, 0) is 12.8 Å². The maximum Gasteiger partial charge on any atom is 0.335 e. The number of nitrogens with one attached hydrogen (secondary N) is 1. The van der Waals surface area contributed by atoms with E-state index < -0.39 is 5.97 Å². The average molecular weight is 287 g/mol. The van der Waals surface area contributed by atoms with Gasteiger partial charge in [0.05, 0.1) is 5.56 Å². The fourth-order valence-corrected chi connectivity index (χ4v) is 2.03. The number of rotatable bonds is 6. The molecule has 1 aromatic carbocycles. The van der Waals surface area contributed by atoms with E-state index in [-0.39, 0.29) is 17.2 Å². The monoisotopic (exact) mass is 287 g/mol. The Morgan fingerprint density at radius 3 is 2.62 bits per heavy atom. The number of benzene rings is 1. The quantitative estimate of drug-likeness (QED) is 0.855. The van der Waals surface area contributed by atoms with Crippen LogP contribution in [-0.4, -0.2) is 23.5 Å². The van der Waals surface area contributed by atoms with Crippen molar-refractivity contribution < 1.29 is 19.1 Å². The fourth-order valence-electron chi connectivity index (χ4n) is 2.03. The molecule has 1 aromatic heterocycles. The first-order chi connectivity index (χ1) is 10.1. The van der Waals surface area contributed by atoms with Crippen molar-refractivity contribution in [3.63, 3.8) is 0 Å². The van der Waals surface area contributed by atoms with E-state index in [1.54, 1.807) is 36.4 Å². The summed E-state index contributed by atoms with van der Waals surface area (Å²) in [4.78, 5) is 22.9. The third-order valence-corrected chi connectivity index (χ3v) is 3.16. The van der Waals surface area contributed by atoms with Crippen LogP contribution in [0.15, 0.2) is 40.8 Å². The van der Waals surface area contributed by atoms with Gasteiger partial charge in [-0.2, -0.15) is 0 Å². The van der Waals surface area contributed by atoms with Crippen LogP contribution in [0.2, 0.25) is 0 Å². The lowest BCUT2D eigenvalue weighted by atomic mass is 10.0. The number of furan rings is 1. The lowest BCUT2D eigenvalue weighted by molar-refractivity contribution is 0.0695. The van der Waals surface area contributed by atoms with Gasteiger partial charge in [-0.3, -0.25) is 4.79 Å². The number of aromatic carboxylic acids is 1. The molecular weight excluding hydrogens is 270 g/mol. The Bertz CT molecular complexity index is 645. The van der Waals surface area contributed by atoms with Gasteiger partial charge in [0.15, 0.2) is 5.76 Å². The van der Waals surface area contributed by atoms with Crippen molar-refractivity contribution in [1.29, 1.82) is 0 Å². The standard InChI is InChI=1S/C16H17NO4/c1-2-12-7-8-14(21-12)15(18)17-10-9-11-5-3-4-6-13(11)16(19)20/h3-8H,2,9-10H2,1H3,(H,17,18)(H,19,20). The number of hydrogen-bond donors (Lipinski definition) is 2. The van der Waals surface area contributed by atoms with E-state index in [9.17, 15) is 9.59 Å². The van der Waals surface area contributed by atoms with E-state index >= 15 is 0 Å². The molecule has 0 saturated carbocycles. The van der Waals surface area contributed by atoms with Crippen LogP contribution in [0.25, 0.3) is 0 Å². The van der Waals surface area contributed by atoms with Crippen LogP contribution >= 0.6 is 0 Å². The minimum absolute atomic E-state index is 0.262. The van der Waals surface area contributed by atoms with Gasteiger partial charge >= 0.3 is 5.97 Å². The van der Waals surface area contributed by atoms with Crippen LogP contribution in [0.3, 0.4) is 0 Å². The van der Waals surface area contributed by atoms with E-state index in [0.717, 1.165) is 12.2 Å². The van der Waals surface area contributed by atoms with Gasteiger partial charge in [-0.05, 0) is 30.2 Å². The zero-order chi connectivity index (χ0) is 15.2. The zero-order valence-electron chi connectivity index (χ0n) is 11.8. The average Bonchev–Trinajstić information content (AvgIpc) is 2.96. The minimum atomic E-state index is -0.962. The van der Waals surface area contributed by atoms with Gasteiger partial charge in [0.2, 0.25) is 0 Å². The number of hydrogen-bond acceptors (Lipinski definition) is 3. The van der Waals surface area contributed by atoms with Crippen LogP contribution < -0.4 is 5.32 Å². The van der Waals surface area contributed by atoms with Gasteiger partial charge in [0, 0.05) is 13.0 Å². The number of carbonyl (C=O) groups is 2. The summed E-state index contributed by atoms with van der Waals surface area (Å²) < 4.78 is 5.35. The minimum Gasteiger partial charge on any atom is -0.478 e. The van der Waals surface area contributed by atoms with E-state index in [1.165, 1.54) is 0 Å². The second-order valence-electron chi connectivity index (χ2n) is 4.59. The molecule has 0 unspecified atom stereocenters. The summed E-state index contributed by atoms with van der Waals surface area (Å²) in [5.74, 6) is -0.215. The molecule has 5 nitrogen and oxygen atoms in total. The molecule has 21 heavy (non-hydrogen) atoms. The van der Waals surface area contributed by atoms with Crippen molar-refractivity contribution in [3.8, 4) is 0 Å². The summed E-state index contributed by atoms with van der Waals surface area (Å²) in [5.41, 5.74) is 0.956. The molecule has 0 aliphatic heterocycles. The van der Waals surface area contributed by atoms with Crippen LogP contribution in [0.4, 0.5) is 0 Å². The Hall–Kier alpha value is -2.56. The lowest BCUT2D eigenvalue weighted by Gasteiger charge is -2.06. The second-order valence-corrected chi connectivity index (χ2v) is 4.59. The summed E-state index contributed by atoms with van der Waals surface area (Å²) >= 11 is 0. The highest BCUT2D eigenvalue weighted by Gasteiger charge is 2.12. The predicted molar refractivity (Wildman–Crippen MR) is 77.5 cm³/mol. The van der Waals surface area contributed by atoms with Crippen LogP contribution in [0.1, 0.15) is 39.2 Å². The molecule has 0 aliphatic carbocycles. The molecule has 1 heterocycles. The van der Waals surface area contributed by atoms with Crippen molar-refractivity contribution in [2.45, 2.75) is 19.8 Å². The molecular formula is C16H17NO4. The SMILES string of the molecule is CCc1ccc(C(=O)NCCc2ccccc2C(=O)O)o1. The molecule has 110 valence electrons. The first kappa shape index (κ1) is 14.8. The molecule has 0 fully saturated rings. The molecule has 0 spiro atoms. The summed E-state index contributed by atoms with van der Waals surface area (Å²) in [5, 5.41) is 11.8. The maximum atomic E-state index is 11.9. The van der Waals surface area contributed by atoms with Gasteiger partial charge in [-0.25, -0.2) is 4.79 Å². The van der Waals surface area contributed by atoms with E-state index in [4.69, 9.17) is 9.52 Å². The van der Waals surface area contributed by atoms with Gasteiger partial charge in [0.25, 0.3) is 5.91 Å². The lowest BCUT2D eigenvalue weighted by Crippen LogP contribution is -2.25. The van der Waals surface area contributed by atoms with E-state index in [0.29, 0.717) is 18.5 Å². The molecule has 0 radical (unpaired) electrons. The Morgan fingerprint density at radius 1 is 1.19 bits per heavy atom. The summed E-state index contributed by atoms with van der Waals surface area (Å²) in [6.45, 7) is 2.30. The highest BCUT2D eigenvalue weighted by atomic mass is 16.4. The molecule has 0 saturated heterocycles. The molecule has 0 aliphatic rings. The topological polar surface area (TPSA) is 79.5 Å². The molecule has 2 N–H and O–H groups in total. The molecule has 0 atom stereocenters. The van der Waals surface area contributed by atoms with Crippen molar-refractivity contribution >= 4 is 11.9 Å². The van der Waals surface area contributed by atoms with Gasteiger partial charge in [0.1, 0.15) is 5.76 Å². The Kier molecular flexibility index (Phi) is 4.77. The largest absolute Gasteiger partial charge is 0.478 e. The zero-order valence-corrected chi connectivity index (χ0v) is 11.8. The van der Waals surface area contributed by atoms with Gasteiger partial charge in [-0.1, -0.05) is 25.1 Å². The predicted octanol–water partition coefficient (Wildman–Crippen LogP) is 2.51. The highest BCUT2D eigenvalue weighted by Crippen LogP contribution is 2.10. The van der Waals surface area contributed by atoms with Gasteiger partial charge < -0.3 is 14.8 Å². The smallest absolute Gasteiger partial charge is 0.335 e.